The van der Waals surface area contributed by atoms with Crippen molar-refractivity contribution in [1.29, 1.82) is 0 Å². The van der Waals surface area contributed by atoms with Gasteiger partial charge in [0.1, 0.15) is 11.8 Å². The standard InChI is InChI=1S/C16H19N3O4/c1-12(19-10-2-8-18-19)16(22)17-9-7-13-3-5-14(6-4-13)23-11-15(20)21/h2-6,8,10,12H,7,9,11H2,1H3,(H,17,22)(H,20,21). The van der Waals surface area contributed by atoms with E-state index in [0.29, 0.717) is 18.7 Å². The molecule has 1 aromatic heterocycles. The number of nitrogens with one attached hydrogen (secondary N) is 1. The average molecular weight is 317 g/mol. The Bertz CT molecular complexity index is 638. The van der Waals surface area contributed by atoms with Crippen LogP contribution >= 0.6 is 0 Å². The van der Waals surface area contributed by atoms with E-state index in [4.69, 9.17) is 9.84 Å². The van der Waals surface area contributed by atoms with Gasteiger partial charge in [0.25, 0.3) is 0 Å². The molecule has 0 aliphatic carbocycles. The molecular formula is C16H19N3O4. The van der Waals surface area contributed by atoms with Crippen LogP contribution in [0.3, 0.4) is 0 Å². The van der Waals surface area contributed by atoms with Gasteiger partial charge in [-0.25, -0.2) is 4.79 Å². The Morgan fingerprint density at radius 2 is 2.09 bits per heavy atom. The smallest absolute Gasteiger partial charge is 0.341 e. The SMILES string of the molecule is CC(C(=O)NCCc1ccc(OCC(=O)O)cc1)n1cccn1. The molecule has 1 unspecified atom stereocenters. The molecule has 7 heteroatoms. The van der Waals surface area contributed by atoms with Crippen molar-refractivity contribution >= 4 is 11.9 Å². The lowest BCUT2D eigenvalue weighted by molar-refractivity contribution is -0.139. The predicted octanol–water partition coefficient (Wildman–Crippen LogP) is 1.27. The van der Waals surface area contributed by atoms with Gasteiger partial charge in [-0.3, -0.25) is 9.48 Å². The first kappa shape index (κ1) is 16.5. The Kier molecular flexibility index (Phi) is 5.74. The Morgan fingerprint density at radius 1 is 1.35 bits per heavy atom. The van der Waals surface area contributed by atoms with Crippen LogP contribution in [0.2, 0.25) is 0 Å². The fraction of sp³-hybridized carbons (Fsp3) is 0.312. The van der Waals surface area contributed by atoms with E-state index in [-0.39, 0.29) is 18.6 Å². The molecule has 2 aromatic rings. The Balaban J connectivity index is 1.75. The number of carboxylic acid groups (broad SMARTS) is 1. The number of carboxylic acids is 1. The number of hydrogen-bond acceptors (Lipinski definition) is 4. The number of aromatic nitrogens is 2. The lowest BCUT2D eigenvalue weighted by Gasteiger charge is -2.12. The minimum Gasteiger partial charge on any atom is -0.482 e. The third-order valence-corrected chi connectivity index (χ3v) is 3.30. The second-order valence-electron chi connectivity index (χ2n) is 5.03. The van der Waals surface area contributed by atoms with Crippen LogP contribution in [-0.4, -0.2) is 39.9 Å². The van der Waals surface area contributed by atoms with Crippen LogP contribution in [-0.2, 0) is 16.0 Å². The largest absolute Gasteiger partial charge is 0.482 e. The van der Waals surface area contributed by atoms with Crippen molar-refractivity contribution in [3.63, 3.8) is 0 Å². The normalized spacial score (nSPS) is 11.7. The van der Waals surface area contributed by atoms with Gasteiger partial charge < -0.3 is 15.2 Å². The summed E-state index contributed by atoms with van der Waals surface area (Å²) >= 11 is 0. The minimum absolute atomic E-state index is 0.0879. The van der Waals surface area contributed by atoms with Gasteiger partial charge in [0.2, 0.25) is 5.91 Å². The van der Waals surface area contributed by atoms with E-state index >= 15 is 0 Å². The summed E-state index contributed by atoms with van der Waals surface area (Å²) in [7, 11) is 0. The van der Waals surface area contributed by atoms with Crippen LogP contribution in [0.1, 0.15) is 18.5 Å². The first-order chi connectivity index (χ1) is 11.1. The van der Waals surface area contributed by atoms with Crippen molar-refractivity contribution in [2.75, 3.05) is 13.2 Å². The maximum Gasteiger partial charge on any atom is 0.341 e. The Labute approximate surface area is 133 Å². The zero-order chi connectivity index (χ0) is 16.7. The lowest BCUT2D eigenvalue weighted by Crippen LogP contribution is -2.32. The van der Waals surface area contributed by atoms with Crippen LogP contribution in [0.25, 0.3) is 0 Å². The van der Waals surface area contributed by atoms with E-state index in [0.717, 1.165) is 5.56 Å². The van der Waals surface area contributed by atoms with Gasteiger partial charge in [-0.15, -0.1) is 0 Å². The van der Waals surface area contributed by atoms with E-state index in [9.17, 15) is 9.59 Å². The highest BCUT2D eigenvalue weighted by atomic mass is 16.5. The monoisotopic (exact) mass is 317 g/mol. The quantitative estimate of drug-likeness (QED) is 0.764. The fourth-order valence-electron chi connectivity index (χ4n) is 2.01. The number of ether oxygens (including phenoxy) is 1. The summed E-state index contributed by atoms with van der Waals surface area (Å²) in [6.45, 7) is 1.94. The Morgan fingerprint density at radius 3 is 2.70 bits per heavy atom. The molecule has 0 fully saturated rings. The summed E-state index contributed by atoms with van der Waals surface area (Å²) in [5.74, 6) is -0.592. The summed E-state index contributed by atoms with van der Waals surface area (Å²) in [6.07, 6.45) is 4.06. The highest BCUT2D eigenvalue weighted by Gasteiger charge is 2.13. The topological polar surface area (TPSA) is 93.5 Å². The zero-order valence-electron chi connectivity index (χ0n) is 12.8. The van der Waals surface area contributed by atoms with Gasteiger partial charge in [0.15, 0.2) is 6.61 Å². The number of aliphatic carboxylic acids is 1. The molecular weight excluding hydrogens is 298 g/mol. The second kappa shape index (κ2) is 7.98. The van der Waals surface area contributed by atoms with Crippen molar-refractivity contribution in [3.05, 3.63) is 48.3 Å². The lowest BCUT2D eigenvalue weighted by atomic mass is 10.1. The van der Waals surface area contributed by atoms with Crippen LogP contribution < -0.4 is 10.1 Å². The molecule has 1 aromatic carbocycles. The molecule has 2 N–H and O–H groups in total. The third kappa shape index (κ3) is 5.14. The highest BCUT2D eigenvalue weighted by Crippen LogP contribution is 2.12. The number of nitrogens with zero attached hydrogens (tertiary/aromatic N) is 2. The molecule has 1 amide bonds. The molecule has 1 atom stereocenters. The number of hydrogen-bond donors (Lipinski definition) is 2. The van der Waals surface area contributed by atoms with Gasteiger partial charge in [0.05, 0.1) is 0 Å². The molecule has 0 saturated heterocycles. The molecule has 23 heavy (non-hydrogen) atoms. The minimum atomic E-state index is -1.01. The average Bonchev–Trinajstić information content (AvgIpc) is 3.07. The summed E-state index contributed by atoms with van der Waals surface area (Å²) in [5.41, 5.74) is 1.03. The third-order valence-electron chi connectivity index (χ3n) is 3.30. The van der Waals surface area contributed by atoms with Gasteiger partial charge in [-0.05, 0) is 37.1 Å². The number of benzene rings is 1. The summed E-state index contributed by atoms with van der Waals surface area (Å²) in [6, 6.07) is 8.55. The van der Waals surface area contributed by atoms with E-state index < -0.39 is 5.97 Å². The number of carbonyl (C=O) groups is 2. The molecule has 122 valence electrons. The van der Waals surface area contributed by atoms with Crippen molar-refractivity contribution in [3.8, 4) is 5.75 Å². The second-order valence-corrected chi connectivity index (χ2v) is 5.03. The molecule has 1 heterocycles. The zero-order valence-corrected chi connectivity index (χ0v) is 12.8. The predicted molar refractivity (Wildman–Crippen MR) is 83.2 cm³/mol. The molecule has 0 bridgehead atoms. The molecule has 0 saturated carbocycles. The van der Waals surface area contributed by atoms with Gasteiger partial charge in [0, 0.05) is 18.9 Å². The number of amides is 1. The number of carbonyl (C=O) groups excluding carboxylic acids is 1. The van der Waals surface area contributed by atoms with Gasteiger partial charge in [-0.1, -0.05) is 12.1 Å². The fourth-order valence-corrected chi connectivity index (χ4v) is 2.01. The van der Waals surface area contributed by atoms with Crippen molar-refractivity contribution in [2.24, 2.45) is 0 Å². The van der Waals surface area contributed by atoms with E-state index in [1.807, 2.05) is 12.1 Å². The molecule has 0 spiro atoms. The molecule has 0 aliphatic heterocycles. The van der Waals surface area contributed by atoms with Gasteiger partial charge in [-0.2, -0.15) is 5.10 Å². The molecule has 0 radical (unpaired) electrons. The Hall–Kier alpha value is -2.83. The van der Waals surface area contributed by atoms with Crippen molar-refractivity contribution in [2.45, 2.75) is 19.4 Å². The molecule has 7 nitrogen and oxygen atoms in total. The van der Waals surface area contributed by atoms with Crippen LogP contribution in [0, 0.1) is 0 Å². The van der Waals surface area contributed by atoms with E-state index in [1.54, 1.807) is 42.2 Å². The van der Waals surface area contributed by atoms with Crippen LogP contribution in [0.4, 0.5) is 0 Å². The molecule has 2 rings (SSSR count). The maximum atomic E-state index is 12.0. The first-order valence-electron chi connectivity index (χ1n) is 7.26. The summed E-state index contributed by atoms with van der Waals surface area (Å²) in [5, 5.41) is 15.4. The first-order valence-corrected chi connectivity index (χ1v) is 7.26. The maximum absolute atomic E-state index is 12.0. The van der Waals surface area contributed by atoms with E-state index in [1.165, 1.54) is 0 Å². The highest BCUT2D eigenvalue weighted by molar-refractivity contribution is 5.79. The number of rotatable bonds is 8. The van der Waals surface area contributed by atoms with Crippen molar-refractivity contribution in [1.82, 2.24) is 15.1 Å². The summed E-state index contributed by atoms with van der Waals surface area (Å²) in [4.78, 5) is 22.4. The summed E-state index contributed by atoms with van der Waals surface area (Å²) < 4.78 is 6.66. The molecule has 0 aliphatic rings. The van der Waals surface area contributed by atoms with Gasteiger partial charge >= 0.3 is 5.97 Å². The van der Waals surface area contributed by atoms with Crippen molar-refractivity contribution < 1.29 is 19.4 Å². The van der Waals surface area contributed by atoms with Crippen LogP contribution in [0.15, 0.2) is 42.7 Å². The van der Waals surface area contributed by atoms with E-state index in [2.05, 4.69) is 10.4 Å². The van der Waals surface area contributed by atoms with Crippen LogP contribution in [0.5, 0.6) is 5.75 Å².